The highest BCUT2D eigenvalue weighted by Crippen LogP contribution is 2.18. The van der Waals surface area contributed by atoms with Gasteiger partial charge in [0, 0.05) is 20.0 Å². The highest BCUT2D eigenvalue weighted by atomic mass is 16.6. The lowest BCUT2D eigenvalue weighted by molar-refractivity contribution is -0.166. The monoisotopic (exact) mass is 559 g/mol. The molecule has 0 unspecified atom stereocenters. The zero-order chi connectivity index (χ0) is 30.0. The highest BCUT2D eigenvalue weighted by molar-refractivity contribution is 5.92. The van der Waals surface area contributed by atoms with E-state index in [1.807, 2.05) is 58.0 Å². The number of hydrogen-bond donors (Lipinski definition) is 2. The third-order valence-electron chi connectivity index (χ3n) is 6.71. The molecule has 0 aliphatic carbocycles. The van der Waals surface area contributed by atoms with E-state index in [-0.39, 0.29) is 50.0 Å². The number of carbonyl (C=O) groups excluding carboxylic acids is 5. The summed E-state index contributed by atoms with van der Waals surface area (Å²) in [6.07, 6.45) is -1.71. The molecule has 2 N–H and O–H groups in total. The molecule has 0 aromatic heterocycles. The fourth-order valence-electron chi connectivity index (χ4n) is 4.47. The van der Waals surface area contributed by atoms with Crippen molar-refractivity contribution < 1.29 is 33.4 Å². The molecule has 40 heavy (non-hydrogen) atoms. The predicted molar refractivity (Wildman–Crippen MR) is 150 cm³/mol. The van der Waals surface area contributed by atoms with Gasteiger partial charge in [0.15, 0.2) is 12.2 Å². The smallest absolute Gasteiger partial charge is 0.329 e. The Balaban J connectivity index is 2.48. The Bertz CT molecular complexity index is 1030. The maximum Gasteiger partial charge on any atom is 0.329 e. The number of hydrogen-bond acceptors (Lipinski definition) is 7. The largest absolute Gasteiger partial charge is 0.452 e. The molecule has 0 spiro atoms. The number of amides is 3. The maximum atomic E-state index is 13.7. The Kier molecular flexibility index (Phi) is 12.6. The van der Waals surface area contributed by atoms with Crippen molar-refractivity contribution in [2.45, 2.75) is 91.5 Å². The van der Waals surface area contributed by atoms with Crippen LogP contribution in [0, 0.1) is 17.8 Å². The zero-order valence-corrected chi connectivity index (χ0v) is 24.8. The average Bonchev–Trinajstić information content (AvgIpc) is 2.87. The molecule has 1 saturated heterocycles. The Labute approximate surface area is 237 Å². The van der Waals surface area contributed by atoms with Crippen LogP contribution < -0.4 is 10.6 Å². The molecule has 0 bridgehead atoms. The molecule has 2 rings (SSSR count). The van der Waals surface area contributed by atoms with E-state index in [0.717, 1.165) is 5.56 Å². The number of ether oxygens (including phenoxy) is 2. The number of cyclic esters (lactones) is 2. The molecule has 222 valence electrons. The van der Waals surface area contributed by atoms with E-state index in [1.54, 1.807) is 13.8 Å². The van der Waals surface area contributed by atoms with Gasteiger partial charge in [0.25, 0.3) is 11.8 Å². The number of likely N-dealkylation sites (N-methyl/N-ethyl adjacent to an activating group) is 1. The van der Waals surface area contributed by atoms with Crippen molar-refractivity contribution >= 4 is 29.7 Å². The van der Waals surface area contributed by atoms with Crippen molar-refractivity contribution in [2.24, 2.45) is 17.8 Å². The van der Waals surface area contributed by atoms with Gasteiger partial charge in [-0.1, -0.05) is 71.9 Å². The second-order valence-corrected chi connectivity index (χ2v) is 11.6. The van der Waals surface area contributed by atoms with E-state index in [2.05, 4.69) is 10.6 Å². The number of carbonyl (C=O) groups is 5. The summed E-state index contributed by atoms with van der Waals surface area (Å²) in [5, 5.41) is 5.41. The molecule has 10 heteroatoms. The minimum atomic E-state index is -1.15. The van der Waals surface area contributed by atoms with Crippen LogP contribution >= 0.6 is 0 Å². The Morgan fingerprint density at radius 3 is 2.02 bits per heavy atom. The van der Waals surface area contributed by atoms with Crippen molar-refractivity contribution in [3.05, 3.63) is 35.9 Å². The van der Waals surface area contributed by atoms with E-state index in [0.29, 0.717) is 0 Å². The first-order valence-corrected chi connectivity index (χ1v) is 14.1. The van der Waals surface area contributed by atoms with E-state index >= 15 is 0 Å². The van der Waals surface area contributed by atoms with Crippen LogP contribution in [0.15, 0.2) is 30.3 Å². The third kappa shape index (κ3) is 9.95. The van der Waals surface area contributed by atoms with E-state index in [9.17, 15) is 24.0 Å². The lowest BCUT2D eigenvalue weighted by Crippen LogP contribution is -2.55. The summed E-state index contributed by atoms with van der Waals surface area (Å²) in [4.78, 5) is 67.5. The highest BCUT2D eigenvalue weighted by Gasteiger charge is 2.37. The first kappa shape index (κ1) is 32.8. The molecule has 1 aliphatic heterocycles. The summed E-state index contributed by atoms with van der Waals surface area (Å²) in [5.74, 6) is -3.33. The van der Waals surface area contributed by atoms with Crippen LogP contribution in [0.3, 0.4) is 0 Å². The third-order valence-corrected chi connectivity index (χ3v) is 6.71. The van der Waals surface area contributed by atoms with Gasteiger partial charge in [-0.15, -0.1) is 0 Å². The van der Waals surface area contributed by atoms with Gasteiger partial charge in [0.1, 0.15) is 12.1 Å². The summed E-state index contributed by atoms with van der Waals surface area (Å²) in [7, 11) is 1.51. The minimum Gasteiger partial charge on any atom is -0.452 e. The normalized spacial score (nSPS) is 24.1. The number of rotatable bonds is 7. The summed E-state index contributed by atoms with van der Waals surface area (Å²) >= 11 is 0. The molecule has 0 saturated carbocycles. The van der Waals surface area contributed by atoms with Crippen molar-refractivity contribution in [3.8, 4) is 0 Å². The van der Waals surface area contributed by atoms with Crippen molar-refractivity contribution in [3.63, 3.8) is 0 Å². The van der Waals surface area contributed by atoms with Crippen LogP contribution in [0.2, 0.25) is 0 Å². The quantitative estimate of drug-likeness (QED) is 0.491. The van der Waals surface area contributed by atoms with Crippen LogP contribution in [-0.2, 0) is 39.9 Å². The Hall–Kier alpha value is -3.43. The van der Waals surface area contributed by atoms with E-state index in [1.165, 1.54) is 11.9 Å². The first-order valence-electron chi connectivity index (χ1n) is 14.1. The van der Waals surface area contributed by atoms with Crippen LogP contribution in [0.5, 0.6) is 0 Å². The average molecular weight is 560 g/mol. The molecule has 1 aliphatic rings. The maximum absolute atomic E-state index is 13.7. The molecule has 10 nitrogen and oxygen atoms in total. The number of benzene rings is 1. The molecule has 1 heterocycles. The molecule has 3 amide bonds. The minimum absolute atomic E-state index is 0.00377. The molecule has 0 radical (unpaired) electrons. The summed E-state index contributed by atoms with van der Waals surface area (Å²) in [6.45, 7) is 11.1. The summed E-state index contributed by atoms with van der Waals surface area (Å²) in [5.41, 5.74) is 0.840. The van der Waals surface area contributed by atoms with Gasteiger partial charge in [-0.05, 0) is 36.2 Å². The second kappa shape index (κ2) is 15.4. The van der Waals surface area contributed by atoms with Crippen molar-refractivity contribution in [1.82, 2.24) is 15.5 Å². The predicted octanol–water partition coefficient (Wildman–Crippen LogP) is 2.63. The Morgan fingerprint density at radius 2 is 1.45 bits per heavy atom. The molecular weight excluding hydrogens is 514 g/mol. The van der Waals surface area contributed by atoms with E-state index in [4.69, 9.17) is 9.47 Å². The molecule has 1 aromatic carbocycles. The number of esters is 2. The standard InChI is InChI=1S/C30H45N3O7/c1-18(2)15-23-28(36)32-26(20(5)6)30(38)40-24(16-19(3)4)29(37)33(7)22(17-21-11-9-8-10-12-21)27(35)31-14-13-25(34)39-23/h8-12,18-20,22-24,26H,13-17H2,1-7H3,(H,31,35)(H,32,36)/t22-,23+,24-,26-/m0/s1. The van der Waals surface area contributed by atoms with Crippen LogP contribution in [-0.4, -0.2) is 72.4 Å². The van der Waals surface area contributed by atoms with Crippen molar-refractivity contribution in [2.75, 3.05) is 13.6 Å². The second-order valence-electron chi connectivity index (χ2n) is 11.6. The van der Waals surface area contributed by atoms with Gasteiger partial charge in [0.05, 0.1) is 6.42 Å². The summed E-state index contributed by atoms with van der Waals surface area (Å²) < 4.78 is 11.2. The van der Waals surface area contributed by atoms with E-state index < -0.39 is 54.0 Å². The fourth-order valence-corrected chi connectivity index (χ4v) is 4.47. The lowest BCUT2D eigenvalue weighted by atomic mass is 10.00. The molecule has 1 fully saturated rings. The lowest BCUT2D eigenvalue weighted by Gasteiger charge is -2.32. The van der Waals surface area contributed by atoms with Crippen LogP contribution in [0.1, 0.15) is 66.4 Å². The number of nitrogens with one attached hydrogen (secondary N) is 2. The molecule has 1 aromatic rings. The van der Waals surface area contributed by atoms with Gasteiger partial charge in [-0.25, -0.2) is 4.79 Å². The van der Waals surface area contributed by atoms with Gasteiger partial charge in [0.2, 0.25) is 5.91 Å². The van der Waals surface area contributed by atoms with Gasteiger partial charge in [-0.3, -0.25) is 19.2 Å². The fraction of sp³-hybridized carbons (Fsp3) is 0.633. The van der Waals surface area contributed by atoms with Crippen LogP contribution in [0.25, 0.3) is 0 Å². The molecular formula is C30H45N3O7. The number of nitrogens with zero attached hydrogens (tertiary/aromatic N) is 1. The van der Waals surface area contributed by atoms with Crippen LogP contribution in [0.4, 0.5) is 0 Å². The first-order chi connectivity index (χ1) is 18.8. The molecule has 4 atom stereocenters. The SMILES string of the molecule is CC(C)C[C@@H]1OC(=O)[C@H](C(C)C)NC(=O)[C@@H](CC(C)C)OC(=O)CCNC(=O)[C@H](Cc2ccccc2)N(C)C1=O. The van der Waals surface area contributed by atoms with Crippen molar-refractivity contribution in [1.29, 1.82) is 0 Å². The Morgan fingerprint density at radius 1 is 0.850 bits per heavy atom. The summed E-state index contributed by atoms with van der Waals surface area (Å²) in [6, 6.07) is 7.29. The van der Waals surface area contributed by atoms with Gasteiger partial charge in [-0.2, -0.15) is 0 Å². The van der Waals surface area contributed by atoms with Gasteiger partial charge < -0.3 is 25.0 Å². The topological polar surface area (TPSA) is 131 Å². The zero-order valence-electron chi connectivity index (χ0n) is 24.8. The van der Waals surface area contributed by atoms with Gasteiger partial charge >= 0.3 is 11.9 Å².